The van der Waals surface area contributed by atoms with Gasteiger partial charge in [-0.15, -0.1) is 12.4 Å². The van der Waals surface area contributed by atoms with E-state index in [0.29, 0.717) is 19.5 Å². The number of nitrogens with one attached hydrogen (secondary N) is 1. The summed E-state index contributed by atoms with van der Waals surface area (Å²) in [6.07, 6.45) is 8.30. The molecule has 1 saturated carbocycles. The molecule has 1 atom stereocenters. The number of rotatable bonds is 6. The van der Waals surface area contributed by atoms with Gasteiger partial charge in [0.25, 0.3) is 0 Å². The van der Waals surface area contributed by atoms with Crippen LogP contribution in [-0.2, 0) is 14.8 Å². The van der Waals surface area contributed by atoms with E-state index in [-0.39, 0.29) is 30.3 Å². The summed E-state index contributed by atoms with van der Waals surface area (Å²) in [6.45, 7) is 5.53. The molecule has 0 aromatic carbocycles. The number of amides is 1. The Kier molecular flexibility index (Phi) is 8.84. The van der Waals surface area contributed by atoms with Crippen LogP contribution in [0.1, 0.15) is 64.7 Å². The van der Waals surface area contributed by atoms with Gasteiger partial charge in [0.1, 0.15) is 0 Å². The second-order valence-electron chi connectivity index (χ2n) is 8.17. The van der Waals surface area contributed by atoms with Crippen molar-refractivity contribution in [3.8, 4) is 0 Å². The quantitative estimate of drug-likeness (QED) is 0.714. The Morgan fingerprint density at radius 2 is 1.74 bits per heavy atom. The van der Waals surface area contributed by atoms with Gasteiger partial charge in [-0.25, -0.2) is 8.42 Å². The minimum atomic E-state index is -3.36. The number of likely N-dealkylation sites (tertiary alicyclic amines) is 1. The van der Waals surface area contributed by atoms with Crippen LogP contribution in [0.5, 0.6) is 0 Å². The van der Waals surface area contributed by atoms with Gasteiger partial charge in [0.2, 0.25) is 15.9 Å². The predicted octanol–water partition coefficient (Wildman–Crippen LogP) is 2.38. The molecule has 0 bridgehead atoms. The van der Waals surface area contributed by atoms with Gasteiger partial charge < -0.3 is 10.2 Å². The second kappa shape index (κ2) is 10.4. The Morgan fingerprint density at radius 1 is 1.07 bits per heavy atom. The SMILES string of the molecule is CCCN(C1CCNCC1)S(=O)(=O)C1CCCN(C(=O)C2CCCC2)C1.Cl. The lowest BCUT2D eigenvalue weighted by molar-refractivity contribution is -0.136. The fourth-order valence-electron chi connectivity index (χ4n) is 4.84. The first-order valence-electron chi connectivity index (χ1n) is 10.5. The summed E-state index contributed by atoms with van der Waals surface area (Å²) < 4.78 is 28.6. The largest absolute Gasteiger partial charge is 0.341 e. The van der Waals surface area contributed by atoms with Crippen LogP contribution < -0.4 is 5.32 Å². The van der Waals surface area contributed by atoms with E-state index in [9.17, 15) is 13.2 Å². The van der Waals surface area contributed by atoms with Crippen LogP contribution in [0, 0.1) is 5.92 Å². The molecule has 6 nitrogen and oxygen atoms in total. The molecule has 2 aliphatic heterocycles. The number of hydrogen-bond acceptors (Lipinski definition) is 4. The van der Waals surface area contributed by atoms with Crippen molar-refractivity contribution in [2.45, 2.75) is 76.0 Å². The second-order valence-corrected chi connectivity index (χ2v) is 10.3. The van der Waals surface area contributed by atoms with Gasteiger partial charge in [-0.3, -0.25) is 4.79 Å². The van der Waals surface area contributed by atoms with E-state index in [1.165, 1.54) is 0 Å². The molecule has 0 spiro atoms. The van der Waals surface area contributed by atoms with E-state index in [2.05, 4.69) is 5.32 Å². The lowest BCUT2D eigenvalue weighted by Gasteiger charge is -2.39. The minimum Gasteiger partial charge on any atom is -0.341 e. The maximum absolute atomic E-state index is 13.4. The summed E-state index contributed by atoms with van der Waals surface area (Å²) in [5.74, 6) is 0.332. The van der Waals surface area contributed by atoms with Crippen molar-refractivity contribution in [2.75, 3.05) is 32.7 Å². The average molecular weight is 422 g/mol. The highest BCUT2D eigenvalue weighted by Gasteiger charge is 2.40. The van der Waals surface area contributed by atoms with Crippen molar-refractivity contribution in [3.63, 3.8) is 0 Å². The molecule has 0 radical (unpaired) electrons. The Balaban J connectivity index is 0.00000261. The summed E-state index contributed by atoms with van der Waals surface area (Å²) in [4.78, 5) is 14.6. The molecule has 3 rings (SSSR count). The number of hydrogen-bond donors (Lipinski definition) is 1. The molecular formula is C19H36ClN3O3S. The molecule has 0 aromatic heterocycles. The Labute approximate surface area is 170 Å². The van der Waals surface area contributed by atoms with Gasteiger partial charge in [-0.2, -0.15) is 4.31 Å². The molecule has 0 aromatic rings. The first kappa shape index (κ1) is 22.9. The zero-order chi connectivity index (χ0) is 18.6. The summed E-state index contributed by atoms with van der Waals surface area (Å²) >= 11 is 0. The Bertz CT molecular complexity index is 575. The zero-order valence-electron chi connectivity index (χ0n) is 16.6. The first-order valence-corrected chi connectivity index (χ1v) is 12.0. The van der Waals surface area contributed by atoms with Crippen LogP contribution in [0.25, 0.3) is 0 Å². The van der Waals surface area contributed by atoms with Gasteiger partial charge in [0.15, 0.2) is 0 Å². The molecule has 1 unspecified atom stereocenters. The van der Waals surface area contributed by atoms with E-state index in [0.717, 1.165) is 71.0 Å². The standard InChI is InChI=1S/C19H35N3O3S.ClH/c1-2-13-22(17-9-11-20-12-10-17)26(24,25)18-8-5-14-21(15-18)19(23)16-6-3-4-7-16;/h16-18,20H,2-15H2,1H3;1H. The van der Waals surface area contributed by atoms with Gasteiger partial charge in [-0.1, -0.05) is 19.8 Å². The average Bonchev–Trinajstić information content (AvgIpc) is 3.21. The van der Waals surface area contributed by atoms with Gasteiger partial charge in [-0.05, 0) is 58.0 Å². The predicted molar refractivity (Wildman–Crippen MR) is 111 cm³/mol. The molecule has 2 heterocycles. The maximum Gasteiger partial charge on any atom is 0.225 e. The van der Waals surface area contributed by atoms with Crippen LogP contribution in [0.15, 0.2) is 0 Å². The van der Waals surface area contributed by atoms with E-state index in [1.54, 1.807) is 4.31 Å². The Morgan fingerprint density at radius 3 is 2.37 bits per heavy atom. The van der Waals surface area contributed by atoms with Crippen LogP contribution in [-0.4, -0.2) is 67.5 Å². The first-order chi connectivity index (χ1) is 12.5. The van der Waals surface area contributed by atoms with Crippen LogP contribution >= 0.6 is 12.4 Å². The molecule has 2 saturated heterocycles. The fourth-order valence-corrected chi connectivity index (χ4v) is 7.12. The zero-order valence-corrected chi connectivity index (χ0v) is 18.2. The lowest BCUT2D eigenvalue weighted by atomic mass is 10.0. The summed E-state index contributed by atoms with van der Waals surface area (Å²) in [5.41, 5.74) is 0. The number of piperidine rings is 2. The molecule has 1 amide bonds. The highest BCUT2D eigenvalue weighted by atomic mass is 35.5. The molecule has 8 heteroatoms. The highest BCUT2D eigenvalue weighted by molar-refractivity contribution is 7.89. The number of halogens is 1. The molecule has 1 N–H and O–H groups in total. The topological polar surface area (TPSA) is 69.7 Å². The molecular weight excluding hydrogens is 386 g/mol. The third-order valence-electron chi connectivity index (χ3n) is 6.30. The van der Waals surface area contributed by atoms with E-state index in [4.69, 9.17) is 0 Å². The van der Waals surface area contributed by atoms with Crippen molar-refractivity contribution in [1.29, 1.82) is 0 Å². The molecule has 158 valence electrons. The van der Waals surface area contributed by atoms with Crippen molar-refractivity contribution in [3.05, 3.63) is 0 Å². The molecule has 3 aliphatic rings. The normalized spacial score (nSPS) is 25.6. The van der Waals surface area contributed by atoms with Crippen molar-refractivity contribution >= 4 is 28.3 Å². The van der Waals surface area contributed by atoms with Crippen molar-refractivity contribution < 1.29 is 13.2 Å². The van der Waals surface area contributed by atoms with Crippen LogP contribution in [0.4, 0.5) is 0 Å². The third kappa shape index (κ3) is 5.37. The van der Waals surface area contributed by atoms with E-state index in [1.807, 2.05) is 11.8 Å². The van der Waals surface area contributed by atoms with E-state index < -0.39 is 15.3 Å². The minimum absolute atomic E-state index is 0. The number of sulfonamides is 1. The smallest absolute Gasteiger partial charge is 0.225 e. The number of carbonyl (C=O) groups is 1. The number of nitrogens with zero attached hydrogens (tertiary/aromatic N) is 2. The number of carbonyl (C=O) groups excluding carboxylic acids is 1. The van der Waals surface area contributed by atoms with Crippen molar-refractivity contribution in [1.82, 2.24) is 14.5 Å². The highest BCUT2D eigenvalue weighted by Crippen LogP contribution is 2.30. The molecule has 3 fully saturated rings. The lowest BCUT2D eigenvalue weighted by Crippen LogP contribution is -2.54. The van der Waals surface area contributed by atoms with Crippen LogP contribution in [0.2, 0.25) is 0 Å². The molecule has 1 aliphatic carbocycles. The summed E-state index contributed by atoms with van der Waals surface area (Å²) in [5, 5.41) is 2.89. The maximum atomic E-state index is 13.4. The fraction of sp³-hybridized carbons (Fsp3) is 0.947. The van der Waals surface area contributed by atoms with Gasteiger partial charge in [0, 0.05) is 31.6 Å². The van der Waals surface area contributed by atoms with Crippen molar-refractivity contribution in [2.24, 2.45) is 5.92 Å². The van der Waals surface area contributed by atoms with Gasteiger partial charge in [0.05, 0.1) is 5.25 Å². The molecule has 27 heavy (non-hydrogen) atoms. The summed E-state index contributed by atoms with van der Waals surface area (Å²) in [7, 11) is -3.36. The third-order valence-corrected chi connectivity index (χ3v) is 8.66. The van der Waals surface area contributed by atoms with E-state index >= 15 is 0 Å². The Hall–Kier alpha value is -0.370. The van der Waals surface area contributed by atoms with Gasteiger partial charge >= 0.3 is 0 Å². The monoisotopic (exact) mass is 421 g/mol. The summed E-state index contributed by atoms with van der Waals surface area (Å²) in [6, 6.07) is 0.113. The van der Waals surface area contributed by atoms with Crippen LogP contribution in [0.3, 0.4) is 0 Å².